The molecule has 1 unspecified atom stereocenters. The van der Waals surface area contributed by atoms with Crippen molar-refractivity contribution in [1.29, 1.82) is 5.26 Å². The summed E-state index contributed by atoms with van der Waals surface area (Å²) < 4.78 is 7.26. The van der Waals surface area contributed by atoms with E-state index >= 15 is 0 Å². The summed E-state index contributed by atoms with van der Waals surface area (Å²) >= 11 is 0. The molecule has 6 rings (SSSR count). The molecule has 1 saturated heterocycles. The lowest BCUT2D eigenvalue weighted by Gasteiger charge is -2.60. The van der Waals surface area contributed by atoms with Crippen LogP contribution in [0.2, 0.25) is 0 Å². The number of fused-ring (bicyclic) bond motifs is 1. The van der Waals surface area contributed by atoms with E-state index in [-0.39, 0.29) is 22.8 Å². The number of likely N-dealkylation sites (N-methyl/N-ethyl adjacent to an activating group) is 1. The molecule has 0 aromatic heterocycles. The van der Waals surface area contributed by atoms with Gasteiger partial charge in [-0.05, 0) is 79.6 Å². The second-order valence-corrected chi connectivity index (χ2v) is 12.4. The van der Waals surface area contributed by atoms with E-state index in [1.165, 1.54) is 16.7 Å². The van der Waals surface area contributed by atoms with Gasteiger partial charge in [0.1, 0.15) is 6.10 Å². The van der Waals surface area contributed by atoms with Gasteiger partial charge >= 0.3 is 0 Å². The Kier molecular flexibility index (Phi) is 4.75. The third-order valence-electron chi connectivity index (χ3n) is 10.4. The highest BCUT2D eigenvalue weighted by Gasteiger charge is 2.70. The van der Waals surface area contributed by atoms with Gasteiger partial charge in [-0.25, -0.2) is 0 Å². The predicted molar refractivity (Wildman–Crippen MR) is 135 cm³/mol. The van der Waals surface area contributed by atoms with Gasteiger partial charge in [0, 0.05) is 17.4 Å². The molecule has 2 bridgehead atoms. The van der Waals surface area contributed by atoms with Gasteiger partial charge in [0.05, 0.1) is 28.9 Å². The highest BCUT2D eigenvalue weighted by atomic mass is 16.5. The van der Waals surface area contributed by atoms with Crippen molar-refractivity contribution in [3.63, 3.8) is 0 Å². The first-order chi connectivity index (χ1) is 16.5. The molecular weight excluding hydrogens is 436 g/mol. The fourth-order valence-corrected chi connectivity index (χ4v) is 8.24. The molecule has 2 heterocycles. The van der Waals surface area contributed by atoms with Crippen molar-refractivity contribution in [2.75, 3.05) is 14.1 Å². The standard InChI is InChI=1S/C30H36N2O3/c1-27(2)15-20-14-22-25(33)26(34)23(32(4)5)16-29(22)12-13-30(20,35-29)24-11-10-21(28(24,27)3)19-8-6-18(17-31)7-9-19/h6-10,14-15,23-26,33-34H,11-13,16H2,1-5H3/t23-,24?,25+,26+,28+,29+,30+/m0/s1. The quantitative estimate of drug-likeness (QED) is 0.674. The number of ether oxygens (including phenoxy) is 1. The molecule has 35 heavy (non-hydrogen) atoms. The number of allylic oxidation sites excluding steroid dienone is 3. The highest BCUT2D eigenvalue weighted by molar-refractivity contribution is 5.76. The van der Waals surface area contributed by atoms with Crippen molar-refractivity contribution in [1.82, 2.24) is 4.90 Å². The maximum absolute atomic E-state index is 11.2. The first-order valence-corrected chi connectivity index (χ1v) is 12.9. The van der Waals surface area contributed by atoms with E-state index < -0.39 is 23.4 Å². The zero-order valence-electron chi connectivity index (χ0n) is 21.4. The Morgan fingerprint density at radius 3 is 2.46 bits per heavy atom. The SMILES string of the molecule is CN(C)[C@H]1C[C@@]23CC[C@@]4(O2)C(=CC(C)(C)[C@]2(C)C(c5ccc(C#N)cc5)=CCC42)C=C3[C@@H](O)[C@@H]1O. The summed E-state index contributed by atoms with van der Waals surface area (Å²) in [6.07, 6.45) is 8.65. The summed E-state index contributed by atoms with van der Waals surface area (Å²) in [5, 5.41) is 31.4. The Bertz CT molecular complexity index is 1220. The van der Waals surface area contributed by atoms with E-state index in [4.69, 9.17) is 4.74 Å². The van der Waals surface area contributed by atoms with E-state index in [1.54, 1.807) is 0 Å². The number of nitriles is 1. The van der Waals surface area contributed by atoms with Crippen molar-refractivity contribution in [2.45, 2.75) is 75.9 Å². The summed E-state index contributed by atoms with van der Waals surface area (Å²) in [5.74, 6) is 0.273. The van der Waals surface area contributed by atoms with Gasteiger partial charge in [-0.1, -0.05) is 51.1 Å². The first kappa shape index (κ1) is 23.2. The molecule has 2 fully saturated rings. The van der Waals surface area contributed by atoms with E-state index in [2.05, 4.69) is 57.2 Å². The lowest BCUT2D eigenvalue weighted by atomic mass is 9.49. The fourth-order valence-electron chi connectivity index (χ4n) is 8.24. The van der Waals surface area contributed by atoms with Gasteiger partial charge in [-0.3, -0.25) is 0 Å². The number of aliphatic hydroxyl groups excluding tert-OH is 2. The maximum atomic E-state index is 11.2. The average Bonchev–Trinajstić information content (AvgIpc) is 3.35. The minimum Gasteiger partial charge on any atom is -0.388 e. The van der Waals surface area contributed by atoms with Crippen molar-refractivity contribution in [3.05, 3.63) is 64.8 Å². The van der Waals surface area contributed by atoms with E-state index in [9.17, 15) is 15.5 Å². The van der Waals surface area contributed by atoms with Crippen LogP contribution in [-0.2, 0) is 4.74 Å². The third kappa shape index (κ3) is 2.77. The molecule has 2 aliphatic heterocycles. The molecular formula is C30H36N2O3. The van der Waals surface area contributed by atoms with Gasteiger partial charge in [0.25, 0.3) is 0 Å². The smallest absolute Gasteiger partial charge is 0.105 e. The van der Waals surface area contributed by atoms with Crippen LogP contribution in [-0.4, -0.2) is 58.7 Å². The molecule has 1 aromatic rings. The van der Waals surface area contributed by atoms with Crippen LogP contribution in [0.1, 0.15) is 57.6 Å². The van der Waals surface area contributed by atoms with Crippen LogP contribution in [0.5, 0.6) is 0 Å². The number of aliphatic hydroxyl groups is 2. The van der Waals surface area contributed by atoms with Gasteiger partial charge < -0.3 is 19.8 Å². The number of nitrogens with zero attached hydrogens (tertiary/aromatic N) is 2. The lowest BCUT2D eigenvalue weighted by Crippen LogP contribution is -2.63. The fraction of sp³-hybridized carbons (Fsp3) is 0.567. The van der Waals surface area contributed by atoms with Gasteiger partial charge in [-0.15, -0.1) is 0 Å². The van der Waals surface area contributed by atoms with Gasteiger partial charge in [0.15, 0.2) is 0 Å². The van der Waals surface area contributed by atoms with Crippen LogP contribution in [0, 0.1) is 28.1 Å². The first-order valence-electron chi connectivity index (χ1n) is 12.9. The zero-order chi connectivity index (χ0) is 25.0. The van der Waals surface area contributed by atoms with Crippen molar-refractivity contribution in [2.24, 2.45) is 16.7 Å². The molecule has 1 aromatic carbocycles. The Morgan fingerprint density at radius 2 is 1.80 bits per heavy atom. The van der Waals surface area contributed by atoms with E-state index in [0.29, 0.717) is 12.0 Å². The molecule has 7 atom stereocenters. The number of hydrogen-bond donors (Lipinski definition) is 2. The Morgan fingerprint density at radius 1 is 1.09 bits per heavy atom. The van der Waals surface area contributed by atoms with E-state index in [0.717, 1.165) is 24.8 Å². The van der Waals surface area contributed by atoms with Crippen molar-refractivity contribution in [3.8, 4) is 6.07 Å². The summed E-state index contributed by atoms with van der Waals surface area (Å²) in [5.41, 5.74) is 4.03. The van der Waals surface area contributed by atoms with Crippen LogP contribution >= 0.6 is 0 Å². The van der Waals surface area contributed by atoms with Crippen molar-refractivity contribution >= 4 is 5.57 Å². The van der Waals surface area contributed by atoms with Crippen LogP contribution in [0.15, 0.2) is 53.6 Å². The Balaban J connectivity index is 1.48. The number of rotatable bonds is 2. The van der Waals surface area contributed by atoms with Crippen molar-refractivity contribution < 1.29 is 14.9 Å². The monoisotopic (exact) mass is 472 g/mol. The maximum Gasteiger partial charge on any atom is 0.105 e. The molecule has 1 saturated carbocycles. The normalized spacial score (nSPS) is 42.9. The number of benzene rings is 1. The van der Waals surface area contributed by atoms with Crippen LogP contribution in [0.25, 0.3) is 5.57 Å². The average molecular weight is 473 g/mol. The van der Waals surface area contributed by atoms with Crippen LogP contribution in [0.4, 0.5) is 0 Å². The topological polar surface area (TPSA) is 76.7 Å². The third-order valence-corrected chi connectivity index (χ3v) is 10.4. The molecule has 5 nitrogen and oxygen atoms in total. The minimum atomic E-state index is -0.916. The second kappa shape index (κ2) is 7.17. The minimum absolute atomic E-state index is 0.144. The molecule has 2 N–H and O–H groups in total. The van der Waals surface area contributed by atoms with E-state index in [1.807, 2.05) is 31.1 Å². The highest BCUT2D eigenvalue weighted by Crippen LogP contribution is 2.71. The molecule has 5 aliphatic rings. The Labute approximate surface area is 208 Å². The second-order valence-electron chi connectivity index (χ2n) is 12.4. The van der Waals surface area contributed by atoms with Gasteiger partial charge in [0.2, 0.25) is 0 Å². The summed E-state index contributed by atoms with van der Waals surface area (Å²) in [4.78, 5) is 2.02. The van der Waals surface area contributed by atoms with Crippen LogP contribution < -0.4 is 0 Å². The molecule has 0 radical (unpaired) electrons. The molecule has 5 heteroatoms. The summed E-state index contributed by atoms with van der Waals surface area (Å²) in [7, 11) is 3.94. The molecule has 2 spiro atoms. The Hall–Kier alpha value is -2.23. The summed E-state index contributed by atoms with van der Waals surface area (Å²) in [6, 6.07) is 10.1. The molecule has 3 aliphatic carbocycles. The molecule has 0 amide bonds. The van der Waals surface area contributed by atoms with Gasteiger partial charge in [-0.2, -0.15) is 5.26 Å². The zero-order valence-corrected chi connectivity index (χ0v) is 21.4. The molecule has 184 valence electrons. The number of hydrogen-bond acceptors (Lipinski definition) is 5. The summed E-state index contributed by atoms with van der Waals surface area (Å²) in [6.45, 7) is 7.02. The predicted octanol–water partition coefficient (Wildman–Crippen LogP) is 4.22. The largest absolute Gasteiger partial charge is 0.388 e. The van der Waals surface area contributed by atoms with Crippen LogP contribution in [0.3, 0.4) is 0 Å². The lowest BCUT2D eigenvalue weighted by molar-refractivity contribution is -0.170.